The second kappa shape index (κ2) is 8.24. The fourth-order valence-electron chi connectivity index (χ4n) is 4.29. The highest BCUT2D eigenvalue weighted by Gasteiger charge is 2.39. The number of ether oxygens (including phenoxy) is 2. The number of phenolic OH excluding ortho intramolecular Hbond substituents is 1. The average Bonchev–Trinajstić information content (AvgIpc) is 3.09. The summed E-state index contributed by atoms with van der Waals surface area (Å²) in [5.41, 5.74) is 9.40. The van der Waals surface area contributed by atoms with E-state index >= 15 is 0 Å². The number of hydrogen-bond acceptors (Lipinski definition) is 6. The first kappa shape index (κ1) is 22.3. The molecule has 7 heteroatoms. The second-order valence-electron chi connectivity index (χ2n) is 8.09. The zero-order chi connectivity index (χ0) is 23.9. The molecule has 0 amide bonds. The zero-order valence-corrected chi connectivity index (χ0v) is 19.2. The molecule has 0 aliphatic carbocycles. The Morgan fingerprint density at radius 2 is 1.55 bits per heavy atom. The van der Waals surface area contributed by atoms with Gasteiger partial charge in [-0.1, -0.05) is 12.1 Å². The van der Waals surface area contributed by atoms with Crippen molar-refractivity contribution < 1.29 is 19.0 Å². The van der Waals surface area contributed by atoms with Crippen molar-refractivity contribution in [2.75, 3.05) is 14.2 Å². The van der Waals surface area contributed by atoms with Crippen LogP contribution in [0, 0.1) is 19.7 Å². The number of methoxy groups -OCH3 is 2. The van der Waals surface area contributed by atoms with Crippen molar-refractivity contribution >= 4 is 11.5 Å². The van der Waals surface area contributed by atoms with Crippen molar-refractivity contribution in [2.45, 2.75) is 26.4 Å². The lowest BCUT2D eigenvalue weighted by Crippen LogP contribution is -2.22. The van der Waals surface area contributed by atoms with Crippen LogP contribution in [0.3, 0.4) is 0 Å². The maximum absolute atomic E-state index is 14.5. The van der Waals surface area contributed by atoms with Crippen molar-refractivity contribution in [2.24, 2.45) is 15.7 Å². The van der Waals surface area contributed by atoms with Crippen LogP contribution in [0.4, 0.5) is 4.39 Å². The molecule has 3 aromatic carbocycles. The van der Waals surface area contributed by atoms with Gasteiger partial charge in [-0.2, -0.15) is 0 Å². The number of amidine groups is 1. The summed E-state index contributed by atoms with van der Waals surface area (Å²) in [5, 5.41) is 10.9. The molecule has 1 aliphatic heterocycles. The molecule has 0 spiro atoms. The van der Waals surface area contributed by atoms with Gasteiger partial charge in [-0.25, -0.2) is 14.4 Å². The van der Waals surface area contributed by atoms with Gasteiger partial charge in [0.1, 0.15) is 28.9 Å². The number of halogens is 1. The average molecular weight is 448 g/mol. The van der Waals surface area contributed by atoms with E-state index in [2.05, 4.69) is 0 Å². The first-order valence-corrected chi connectivity index (χ1v) is 10.5. The molecule has 3 aromatic rings. The molecule has 33 heavy (non-hydrogen) atoms. The third kappa shape index (κ3) is 3.69. The topological polar surface area (TPSA) is 89.4 Å². The maximum atomic E-state index is 14.5. The molecular formula is C26H26FN3O3. The van der Waals surface area contributed by atoms with Crippen LogP contribution < -0.4 is 15.2 Å². The minimum absolute atomic E-state index is 0.102. The van der Waals surface area contributed by atoms with Crippen molar-refractivity contribution in [1.82, 2.24) is 0 Å². The summed E-state index contributed by atoms with van der Waals surface area (Å²) in [6.07, 6.45) is 0. The fraction of sp³-hybridized carbons (Fsp3) is 0.231. The van der Waals surface area contributed by atoms with E-state index in [4.69, 9.17) is 25.2 Å². The van der Waals surface area contributed by atoms with E-state index in [0.717, 1.165) is 22.4 Å². The Morgan fingerprint density at radius 1 is 0.848 bits per heavy atom. The van der Waals surface area contributed by atoms with Crippen LogP contribution in [0.5, 0.6) is 17.2 Å². The molecule has 0 radical (unpaired) electrons. The monoisotopic (exact) mass is 447 g/mol. The van der Waals surface area contributed by atoms with E-state index < -0.39 is 11.5 Å². The smallest absolute Gasteiger partial charge is 0.204 e. The summed E-state index contributed by atoms with van der Waals surface area (Å²) in [5.74, 6) is 1.03. The summed E-state index contributed by atoms with van der Waals surface area (Å²) >= 11 is 0. The Balaban J connectivity index is 1.91. The Kier molecular flexibility index (Phi) is 5.57. The van der Waals surface area contributed by atoms with Crippen molar-refractivity contribution in [3.05, 3.63) is 76.6 Å². The van der Waals surface area contributed by atoms with Gasteiger partial charge in [0.25, 0.3) is 0 Å². The van der Waals surface area contributed by atoms with E-state index in [9.17, 15) is 9.50 Å². The molecule has 6 nitrogen and oxygen atoms in total. The largest absolute Gasteiger partial charge is 0.507 e. The first-order valence-electron chi connectivity index (χ1n) is 10.5. The third-order valence-electron chi connectivity index (χ3n) is 5.91. The Bertz CT molecular complexity index is 1270. The van der Waals surface area contributed by atoms with E-state index in [-0.39, 0.29) is 11.3 Å². The summed E-state index contributed by atoms with van der Waals surface area (Å²) in [6, 6.07) is 13.3. The van der Waals surface area contributed by atoms with Gasteiger partial charge in [-0.15, -0.1) is 0 Å². The lowest BCUT2D eigenvalue weighted by molar-refractivity contribution is 0.407. The zero-order valence-electron chi connectivity index (χ0n) is 19.2. The molecule has 4 rings (SSSR count). The number of phenols is 1. The SMILES string of the molecule is COc1ccc(F)c(-c2ccc(C3(c4cc(C)c(OC)c(C)c4)N=C(C)C(N)=N3)cc2O)c1. The molecular weight excluding hydrogens is 421 g/mol. The maximum Gasteiger partial charge on any atom is 0.204 e. The van der Waals surface area contributed by atoms with E-state index in [0.29, 0.717) is 28.4 Å². The number of benzene rings is 3. The van der Waals surface area contributed by atoms with Crippen LogP contribution in [0.15, 0.2) is 58.5 Å². The molecule has 1 unspecified atom stereocenters. The highest BCUT2D eigenvalue weighted by molar-refractivity contribution is 6.41. The van der Waals surface area contributed by atoms with Crippen LogP contribution in [0.1, 0.15) is 29.2 Å². The predicted octanol–water partition coefficient (Wildman–Crippen LogP) is 4.87. The quantitative estimate of drug-likeness (QED) is 0.584. The van der Waals surface area contributed by atoms with E-state index in [1.54, 1.807) is 38.3 Å². The molecule has 1 aliphatic rings. The highest BCUT2D eigenvalue weighted by atomic mass is 19.1. The normalized spacial score (nSPS) is 17.5. The molecule has 3 N–H and O–H groups in total. The van der Waals surface area contributed by atoms with Gasteiger partial charge in [0.15, 0.2) is 0 Å². The number of aliphatic imine (C=N–C) groups is 2. The Morgan fingerprint density at radius 3 is 2.09 bits per heavy atom. The van der Waals surface area contributed by atoms with Gasteiger partial charge in [-0.05, 0) is 68.3 Å². The minimum atomic E-state index is -1.17. The lowest BCUT2D eigenvalue weighted by Gasteiger charge is -2.26. The Hall–Kier alpha value is -3.87. The summed E-state index contributed by atoms with van der Waals surface area (Å²) in [6.45, 7) is 5.70. The number of aryl methyl sites for hydroxylation is 2. The van der Waals surface area contributed by atoms with Crippen molar-refractivity contribution in [1.29, 1.82) is 0 Å². The van der Waals surface area contributed by atoms with Gasteiger partial charge in [-0.3, -0.25) is 0 Å². The molecule has 0 saturated carbocycles. The number of aromatic hydroxyl groups is 1. The van der Waals surface area contributed by atoms with Gasteiger partial charge >= 0.3 is 0 Å². The number of nitrogens with two attached hydrogens (primary N) is 1. The van der Waals surface area contributed by atoms with Crippen LogP contribution in [-0.4, -0.2) is 30.9 Å². The van der Waals surface area contributed by atoms with Gasteiger partial charge in [0.2, 0.25) is 5.66 Å². The van der Waals surface area contributed by atoms with Crippen LogP contribution >= 0.6 is 0 Å². The third-order valence-corrected chi connectivity index (χ3v) is 5.91. The number of rotatable bonds is 5. The van der Waals surface area contributed by atoms with Crippen molar-refractivity contribution in [3.63, 3.8) is 0 Å². The number of nitrogens with zero attached hydrogens (tertiary/aromatic N) is 2. The Labute approximate surface area is 192 Å². The summed E-state index contributed by atoms with van der Waals surface area (Å²) < 4.78 is 25.3. The summed E-state index contributed by atoms with van der Waals surface area (Å²) in [7, 11) is 3.14. The van der Waals surface area contributed by atoms with Gasteiger partial charge in [0.05, 0.1) is 19.9 Å². The standard InChI is InChI=1S/C26H26FN3O3/c1-14-10-18(11-15(2)24(14)33-5)26(29-16(3)25(28)30-26)17-6-8-20(23(31)12-17)21-13-19(32-4)7-9-22(21)27/h6-13,31H,1-5H3,(H2,28,30). The molecule has 170 valence electrons. The fourth-order valence-corrected chi connectivity index (χ4v) is 4.29. The van der Waals surface area contributed by atoms with E-state index in [1.807, 2.05) is 26.0 Å². The molecule has 0 aromatic heterocycles. The van der Waals surface area contributed by atoms with Gasteiger partial charge in [0, 0.05) is 22.3 Å². The van der Waals surface area contributed by atoms with E-state index in [1.165, 1.54) is 19.2 Å². The summed E-state index contributed by atoms with van der Waals surface area (Å²) in [4.78, 5) is 9.52. The van der Waals surface area contributed by atoms with Crippen molar-refractivity contribution in [3.8, 4) is 28.4 Å². The van der Waals surface area contributed by atoms with Crippen LogP contribution in [0.25, 0.3) is 11.1 Å². The predicted molar refractivity (Wildman–Crippen MR) is 128 cm³/mol. The molecule has 0 fully saturated rings. The highest BCUT2D eigenvalue weighted by Crippen LogP contribution is 2.44. The minimum Gasteiger partial charge on any atom is -0.507 e. The molecule has 0 bridgehead atoms. The molecule has 1 heterocycles. The van der Waals surface area contributed by atoms with Crippen LogP contribution in [-0.2, 0) is 5.66 Å². The first-order chi connectivity index (χ1) is 15.7. The van der Waals surface area contributed by atoms with Crippen LogP contribution in [0.2, 0.25) is 0 Å². The number of hydrogen-bond donors (Lipinski definition) is 2. The van der Waals surface area contributed by atoms with Gasteiger partial charge < -0.3 is 20.3 Å². The lowest BCUT2D eigenvalue weighted by atomic mass is 9.88. The molecule has 1 atom stereocenters. The second-order valence-corrected chi connectivity index (χ2v) is 8.09. The molecule has 0 saturated heterocycles.